The van der Waals surface area contributed by atoms with Crippen molar-refractivity contribution in [1.82, 2.24) is 10.2 Å². The molecular weight excluding hydrogens is 214 g/mol. The van der Waals surface area contributed by atoms with Gasteiger partial charge in [0.05, 0.1) is 6.04 Å². The van der Waals surface area contributed by atoms with Gasteiger partial charge in [0.15, 0.2) is 0 Å². The molecule has 100 valence electrons. The molecule has 4 heteroatoms. The maximum Gasteiger partial charge on any atom is 0.237 e. The summed E-state index contributed by atoms with van der Waals surface area (Å²) in [5.74, 6) is 0.894. The maximum atomic E-state index is 11.8. The van der Waals surface area contributed by atoms with Gasteiger partial charge in [-0.3, -0.25) is 4.79 Å². The topological polar surface area (TPSA) is 58.4 Å². The summed E-state index contributed by atoms with van der Waals surface area (Å²) < 4.78 is 0. The summed E-state index contributed by atoms with van der Waals surface area (Å²) in [5.41, 5.74) is 5.89. The van der Waals surface area contributed by atoms with E-state index in [1.807, 2.05) is 6.92 Å². The molecule has 3 N–H and O–H groups in total. The van der Waals surface area contributed by atoms with Crippen LogP contribution in [-0.2, 0) is 4.79 Å². The zero-order valence-corrected chi connectivity index (χ0v) is 11.4. The summed E-state index contributed by atoms with van der Waals surface area (Å²) in [6.45, 7) is 7.15. The minimum Gasteiger partial charge on any atom is -0.354 e. The predicted octanol–water partition coefficient (Wildman–Crippen LogP) is 0.818. The minimum atomic E-state index is -0.355. The molecule has 0 spiro atoms. The van der Waals surface area contributed by atoms with E-state index in [9.17, 15) is 4.79 Å². The Morgan fingerprint density at radius 1 is 1.47 bits per heavy atom. The van der Waals surface area contributed by atoms with Crippen molar-refractivity contribution in [3.05, 3.63) is 0 Å². The number of nitrogens with one attached hydrogen (secondary N) is 1. The second-order valence-electron chi connectivity index (χ2n) is 5.40. The van der Waals surface area contributed by atoms with E-state index in [1.54, 1.807) is 0 Å². The highest BCUT2D eigenvalue weighted by Gasteiger charge is 2.21. The maximum absolute atomic E-state index is 11.8. The van der Waals surface area contributed by atoms with Crippen LogP contribution in [0.3, 0.4) is 0 Å². The van der Waals surface area contributed by atoms with Crippen molar-refractivity contribution in [3.8, 4) is 0 Å². The van der Waals surface area contributed by atoms with Gasteiger partial charge in [0, 0.05) is 6.54 Å². The van der Waals surface area contributed by atoms with Crippen molar-refractivity contribution < 1.29 is 4.79 Å². The molecule has 0 aliphatic carbocycles. The Kier molecular flexibility index (Phi) is 5.92. The molecule has 1 saturated heterocycles. The molecular formula is C13H27N3O. The number of hydrogen-bond donors (Lipinski definition) is 2. The zero-order chi connectivity index (χ0) is 12.8. The van der Waals surface area contributed by atoms with E-state index in [0.717, 1.165) is 26.1 Å². The second-order valence-corrected chi connectivity index (χ2v) is 5.40. The Morgan fingerprint density at radius 2 is 2.06 bits per heavy atom. The van der Waals surface area contributed by atoms with Crippen molar-refractivity contribution >= 4 is 5.91 Å². The Labute approximate surface area is 105 Å². The molecule has 0 bridgehead atoms. The van der Waals surface area contributed by atoms with E-state index in [1.165, 1.54) is 12.8 Å². The fourth-order valence-corrected chi connectivity index (χ4v) is 2.14. The molecule has 0 unspecified atom stereocenters. The number of amides is 1. The van der Waals surface area contributed by atoms with Crippen molar-refractivity contribution in [2.45, 2.75) is 39.2 Å². The quantitative estimate of drug-likeness (QED) is 0.749. The summed E-state index contributed by atoms with van der Waals surface area (Å²) >= 11 is 0. The first-order valence-electron chi connectivity index (χ1n) is 6.76. The SMILES string of the molecule is CC[C@H](C)[C@H](N)C(=O)NCC1CCN(C)CC1. The number of likely N-dealkylation sites (tertiary alicyclic amines) is 1. The second kappa shape index (κ2) is 6.97. The Balaban J connectivity index is 2.23. The molecule has 1 rings (SSSR count). The predicted molar refractivity (Wildman–Crippen MR) is 70.7 cm³/mol. The van der Waals surface area contributed by atoms with Crippen LogP contribution in [0, 0.1) is 11.8 Å². The Hall–Kier alpha value is -0.610. The molecule has 1 heterocycles. The number of nitrogens with zero attached hydrogens (tertiary/aromatic N) is 1. The first-order valence-corrected chi connectivity index (χ1v) is 6.76. The molecule has 1 fully saturated rings. The highest BCUT2D eigenvalue weighted by molar-refractivity contribution is 5.81. The largest absolute Gasteiger partial charge is 0.354 e. The van der Waals surface area contributed by atoms with Gasteiger partial charge in [-0.05, 0) is 44.8 Å². The lowest BCUT2D eigenvalue weighted by atomic mass is 9.96. The smallest absolute Gasteiger partial charge is 0.237 e. The van der Waals surface area contributed by atoms with Crippen LogP contribution in [-0.4, -0.2) is 43.5 Å². The third-order valence-corrected chi connectivity index (χ3v) is 3.96. The number of piperidine rings is 1. The lowest BCUT2D eigenvalue weighted by Gasteiger charge is -2.29. The van der Waals surface area contributed by atoms with E-state index in [0.29, 0.717) is 5.92 Å². The molecule has 2 atom stereocenters. The minimum absolute atomic E-state index is 0.0123. The van der Waals surface area contributed by atoms with Crippen molar-refractivity contribution in [3.63, 3.8) is 0 Å². The first kappa shape index (κ1) is 14.5. The molecule has 1 aliphatic rings. The fraction of sp³-hybridized carbons (Fsp3) is 0.923. The van der Waals surface area contributed by atoms with Crippen LogP contribution in [0.15, 0.2) is 0 Å². The van der Waals surface area contributed by atoms with Gasteiger partial charge in [-0.1, -0.05) is 20.3 Å². The average molecular weight is 241 g/mol. The molecule has 1 amide bonds. The molecule has 0 radical (unpaired) electrons. The van der Waals surface area contributed by atoms with Gasteiger partial charge >= 0.3 is 0 Å². The van der Waals surface area contributed by atoms with E-state index < -0.39 is 0 Å². The molecule has 0 aromatic heterocycles. The third-order valence-electron chi connectivity index (χ3n) is 3.96. The van der Waals surface area contributed by atoms with E-state index in [4.69, 9.17) is 5.73 Å². The molecule has 4 nitrogen and oxygen atoms in total. The van der Waals surface area contributed by atoms with E-state index in [2.05, 4.69) is 24.2 Å². The summed E-state index contributed by atoms with van der Waals surface area (Å²) in [4.78, 5) is 14.1. The number of hydrogen-bond acceptors (Lipinski definition) is 3. The number of carbonyl (C=O) groups excluding carboxylic acids is 1. The van der Waals surface area contributed by atoms with Gasteiger partial charge < -0.3 is 16.0 Å². The highest BCUT2D eigenvalue weighted by atomic mass is 16.2. The number of rotatable bonds is 5. The monoisotopic (exact) mass is 241 g/mol. The van der Waals surface area contributed by atoms with Crippen molar-refractivity contribution in [2.24, 2.45) is 17.6 Å². The lowest BCUT2D eigenvalue weighted by molar-refractivity contribution is -0.123. The molecule has 0 aromatic rings. The number of carbonyl (C=O) groups is 1. The van der Waals surface area contributed by atoms with Crippen LogP contribution in [0.2, 0.25) is 0 Å². The summed E-state index contributed by atoms with van der Waals surface area (Å²) in [5, 5.41) is 3.00. The van der Waals surface area contributed by atoms with Gasteiger partial charge in [-0.2, -0.15) is 0 Å². The normalized spacial score (nSPS) is 22.1. The standard InChI is InChI=1S/C13H27N3O/c1-4-10(2)12(14)13(17)15-9-11-5-7-16(3)8-6-11/h10-12H,4-9,14H2,1-3H3,(H,15,17)/t10-,12-/m0/s1. The van der Waals surface area contributed by atoms with Crippen LogP contribution in [0.5, 0.6) is 0 Å². The summed E-state index contributed by atoms with van der Waals surface area (Å²) in [6, 6.07) is -0.355. The van der Waals surface area contributed by atoms with Gasteiger partial charge in [-0.25, -0.2) is 0 Å². The van der Waals surface area contributed by atoms with Crippen LogP contribution in [0.25, 0.3) is 0 Å². The summed E-state index contributed by atoms with van der Waals surface area (Å²) in [6.07, 6.45) is 3.30. The van der Waals surface area contributed by atoms with Crippen molar-refractivity contribution in [1.29, 1.82) is 0 Å². The van der Waals surface area contributed by atoms with Gasteiger partial charge in [0.2, 0.25) is 5.91 Å². The van der Waals surface area contributed by atoms with Crippen LogP contribution >= 0.6 is 0 Å². The van der Waals surface area contributed by atoms with E-state index >= 15 is 0 Å². The van der Waals surface area contributed by atoms with Crippen LogP contribution in [0.4, 0.5) is 0 Å². The lowest BCUT2D eigenvalue weighted by Crippen LogP contribution is -2.46. The fourth-order valence-electron chi connectivity index (χ4n) is 2.14. The Morgan fingerprint density at radius 3 is 2.59 bits per heavy atom. The molecule has 0 aromatic carbocycles. The van der Waals surface area contributed by atoms with Crippen LogP contribution in [0.1, 0.15) is 33.1 Å². The molecule has 1 aliphatic heterocycles. The Bertz CT molecular complexity index is 237. The first-order chi connectivity index (χ1) is 8.04. The van der Waals surface area contributed by atoms with E-state index in [-0.39, 0.29) is 17.9 Å². The van der Waals surface area contributed by atoms with Gasteiger partial charge in [0.1, 0.15) is 0 Å². The third kappa shape index (κ3) is 4.64. The molecule has 17 heavy (non-hydrogen) atoms. The summed E-state index contributed by atoms with van der Waals surface area (Å²) in [7, 11) is 2.15. The average Bonchev–Trinajstić information content (AvgIpc) is 2.35. The van der Waals surface area contributed by atoms with Crippen LogP contribution < -0.4 is 11.1 Å². The molecule has 0 saturated carbocycles. The van der Waals surface area contributed by atoms with Crippen molar-refractivity contribution in [2.75, 3.05) is 26.7 Å². The number of nitrogens with two attached hydrogens (primary N) is 1. The van der Waals surface area contributed by atoms with Gasteiger partial charge in [-0.15, -0.1) is 0 Å². The highest BCUT2D eigenvalue weighted by Crippen LogP contribution is 2.15. The van der Waals surface area contributed by atoms with Gasteiger partial charge in [0.25, 0.3) is 0 Å². The zero-order valence-electron chi connectivity index (χ0n) is 11.4.